The highest BCUT2D eigenvalue weighted by molar-refractivity contribution is 5.11. The Hall–Kier alpha value is -1.36. The third-order valence-electron chi connectivity index (χ3n) is 18.0. The average molecular weight is 1190 g/mol. The molecule has 0 aromatic rings. The number of rotatable bonds is 8. The van der Waals surface area contributed by atoms with Crippen LogP contribution in [0.2, 0.25) is 0 Å². The van der Waals surface area contributed by atoms with E-state index in [4.69, 9.17) is 104 Å². The highest BCUT2D eigenvalue weighted by Gasteiger charge is 2.70. The minimum atomic E-state index is -1.96. The van der Waals surface area contributed by atoms with E-state index in [9.17, 15) is 61.3 Å². The Morgan fingerprint density at radius 2 is 0.305 bits per heavy atom. The van der Waals surface area contributed by atoms with Crippen LogP contribution in [0.1, 0.15) is 0 Å². The molecule has 0 amide bonds. The number of epoxide rings is 6. The van der Waals surface area contributed by atoms with E-state index in [1.165, 1.54) is 0 Å². The topological polar surface area (TPSA) is 466 Å². The standard InChI is InChI=1S/C48H68O34/c49-1-9-21-17(57)20(60)42(62-9)77-23-11(3-51)64-44(36-29(23)69-36)79-25-13(5-53)66-46(38-31(25)71-38)81-27-15(7-55)68-48(40-33(27)73-40)82-28-16(8-56)67-47(39-34(28)74-39)80-26-14(6-54)65-45(37-32(26)72-37)78-24-12(4-52)63-43(35-30(24)70-35)76-22-10(2-50)61-41(75-21)19(59)18(22)58/h9-60H,1-8H2/t9-,10-,11-,12-,13-,14-,15-,16-,17-,18-,19-,20-,21-,22-,23-,24-,25-,26-,27-,28-,29+,30+,31+,32+,33+,34+,35+,36+,37+,38+,39+,40+,41-,42-,43-,44-,45-,46-,47-,48-/m1/s1. The molecule has 16 bridgehead atoms. The van der Waals surface area contributed by atoms with Gasteiger partial charge in [0.25, 0.3) is 0 Å². The lowest BCUT2D eigenvalue weighted by molar-refractivity contribution is -0.377. The van der Waals surface area contributed by atoms with Crippen LogP contribution in [0.15, 0.2) is 0 Å². The first-order chi connectivity index (χ1) is 39.9. The van der Waals surface area contributed by atoms with Crippen LogP contribution in [0.4, 0.5) is 0 Å². The van der Waals surface area contributed by atoms with Gasteiger partial charge in [-0.2, -0.15) is 0 Å². The summed E-state index contributed by atoms with van der Waals surface area (Å²) < 4.78 is 135. The van der Waals surface area contributed by atoms with E-state index in [0.29, 0.717) is 0 Å². The summed E-state index contributed by atoms with van der Waals surface area (Å²) in [5, 5.41) is 130. The molecule has 21 fully saturated rings. The predicted octanol–water partition coefficient (Wildman–Crippen LogP) is -11.1. The van der Waals surface area contributed by atoms with Crippen molar-refractivity contribution in [3.63, 3.8) is 0 Å². The van der Waals surface area contributed by atoms with Crippen molar-refractivity contribution in [1.29, 1.82) is 0 Å². The second kappa shape index (κ2) is 22.3. The molecule has 12 N–H and O–H groups in total. The van der Waals surface area contributed by atoms with Gasteiger partial charge in [-0.15, -0.1) is 0 Å². The second-order valence-corrected chi connectivity index (χ2v) is 23.0. The van der Waals surface area contributed by atoms with E-state index in [-0.39, 0.29) is 0 Å². The third kappa shape index (κ3) is 9.92. The zero-order chi connectivity index (χ0) is 56.3. The summed E-state index contributed by atoms with van der Waals surface area (Å²) in [5.74, 6) is 0. The Kier molecular flexibility index (Phi) is 15.5. The number of ether oxygens (including phenoxy) is 22. The van der Waals surface area contributed by atoms with Crippen molar-refractivity contribution >= 4 is 0 Å². The van der Waals surface area contributed by atoms with Gasteiger partial charge in [-0.1, -0.05) is 0 Å². The van der Waals surface area contributed by atoms with Crippen LogP contribution in [-0.2, 0) is 104 Å². The summed E-state index contributed by atoms with van der Waals surface area (Å²) in [7, 11) is 0. The molecule has 21 rings (SSSR count). The van der Waals surface area contributed by atoms with Crippen molar-refractivity contribution < 1.29 is 165 Å². The van der Waals surface area contributed by atoms with Crippen LogP contribution < -0.4 is 0 Å². The van der Waals surface area contributed by atoms with Crippen LogP contribution in [0.3, 0.4) is 0 Å². The first kappa shape index (κ1) is 57.1. The normalized spacial score (nSPS) is 60.7. The lowest BCUT2D eigenvalue weighted by atomic mass is 9.96. The molecule has 0 radical (unpaired) electrons. The van der Waals surface area contributed by atoms with Crippen LogP contribution in [0.25, 0.3) is 0 Å². The molecule has 0 spiro atoms. The second-order valence-electron chi connectivity index (χ2n) is 23.0. The SMILES string of the molecule is OC[C@H]1O[C@@H]2O[C@H]3[C@@H]4O[C@@H]4[C@@H](O[C@H]4[C@@H]5O[C@@H]5[C@@H](O[C@H]5[C@@H]6O[C@@H]6[C@@H](O[C@H]6[C@@H]7O[C@@H]7[C@@H](O[C@H]7[C@@H]8O[C@@H]8[C@@H](O[C@H]8[C@@H]9O[C@@H]9[C@@H](O[C@H]9[C@H](O)[C@@H](O)[C@@H](O[C@H]1[C@H](O)[C@H]2O)O[C@@H]9CO)O[C@@H]8CO)O[C@@H]7CO)O[C@@H]6CO)O[C@@H]5CO)O[C@@H]4CO)O[C@@H]3CO. The Morgan fingerprint density at radius 1 is 0.146 bits per heavy atom. The first-order valence-electron chi connectivity index (χ1n) is 27.9. The molecule has 0 unspecified atom stereocenters. The lowest BCUT2D eigenvalue weighted by Crippen LogP contribution is -2.66. The van der Waals surface area contributed by atoms with Crippen LogP contribution in [0.5, 0.6) is 0 Å². The van der Waals surface area contributed by atoms with Gasteiger partial charge in [-0.3, -0.25) is 0 Å². The molecule has 40 atom stereocenters. The molecular formula is C48H68O34. The molecule has 21 saturated heterocycles. The van der Waals surface area contributed by atoms with E-state index in [1.807, 2.05) is 0 Å². The molecule has 21 aliphatic heterocycles. The average Bonchev–Trinajstić information content (AvgIpc) is 4.47. The van der Waals surface area contributed by atoms with Gasteiger partial charge >= 0.3 is 0 Å². The Labute approximate surface area is 463 Å². The molecule has 34 nitrogen and oxygen atoms in total. The summed E-state index contributed by atoms with van der Waals surface area (Å²) in [5.41, 5.74) is 0. The van der Waals surface area contributed by atoms with Crippen LogP contribution in [0, 0.1) is 0 Å². The first-order valence-corrected chi connectivity index (χ1v) is 27.9. The Balaban J connectivity index is 0.661. The summed E-state index contributed by atoms with van der Waals surface area (Å²) in [6.07, 6.45) is -45.3. The van der Waals surface area contributed by atoms with Gasteiger partial charge in [0.15, 0.2) is 50.3 Å². The quantitative estimate of drug-likeness (QED) is 0.100. The number of hydrogen-bond donors (Lipinski definition) is 12. The number of aliphatic hydroxyl groups excluding tert-OH is 12. The van der Waals surface area contributed by atoms with E-state index in [1.54, 1.807) is 0 Å². The van der Waals surface area contributed by atoms with Crippen molar-refractivity contribution in [2.75, 3.05) is 52.9 Å². The lowest BCUT2D eigenvalue weighted by Gasteiger charge is -2.47. The molecule has 0 saturated carbocycles. The van der Waals surface area contributed by atoms with E-state index >= 15 is 0 Å². The van der Waals surface area contributed by atoms with Crippen LogP contribution >= 0.6 is 0 Å². The van der Waals surface area contributed by atoms with Gasteiger partial charge in [0.2, 0.25) is 0 Å². The largest absolute Gasteiger partial charge is 0.394 e. The van der Waals surface area contributed by atoms with Gasteiger partial charge in [-0.25, -0.2) is 0 Å². The summed E-state index contributed by atoms with van der Waals surface area (Å²) in [6.45, 7) is -5.17. The van der Waals surface area contributed by atoms with Gasteiger partial charge in [0.1, 0.15) is 195 Å². The van der Waals surface area contributed by atoms with E-state index in [2.05, 4.69) is 0 Å². The van der Waals surface area contributed by atoms with Gasteiger partial charge < -0.3 is 165 Å². The van der Waals surface area contributed by atoms with Gasteiger partial charge in [-0.05, 0) is 0 Å². The number of hydrogen-bond acceptors (Lipinski definition) is 34. The predicted molar refractivity (Wildman–Crippen MR) is 241 cm³/mol. The maximum absolute atomic E-state index is 11.5. The smallest absolute Gasteiger partial charge is 0.187 e. The highest BCUT2D eigenvalue weighted by atomic mass is 16.8. The molecule has 82 heavy (non-hydrogen) atoms. The Morgan fingerprint density at radius 3 is 0.512 bits per heavy atom. The zero-order valence-electron chi connectivity index (χ0n) is 43.1. The fourth-order valence-electron chi connectivity index (χ4n) is 13.4. The van der Waals surface area contributed by atoms with Gasteiger partial charge in [0, 0.05) is 0 Å². The fourth-order valence-corrected chi connectivity index (χ4v) is 13.4. The van der Waals surface area contributed by atoms with Crippen molar-refractivity contribution in [2.24, 2.45) is 0 Å². The number of aliphatic hydroxyl groups is 12. The van der Waals surface area contributed by atoms with E-state index < -0.39 is 299 Å². The third-order valence-corrected chi connectivity index (χ3v) is 18.0. The van der Waals surface area contributed by atoms with Crippen molar-refractivity contribution in [1.82, 2.24) is 0 Å². The summed E-state index contributed by atoms with van der Waals surface area (Å²) in [4.78, 5) is 0. The van der Waals surface area contributed by atoms with Crippen molar-refractivity contribution in [2.45, 2.75) is 246 Å². The monoisotopic (exact) mass is 1190 g/mol. The van der Waals surface area contributed by atoms with Crippen molar-refractivity contribution in [3.8, 4) is 0 Å². The highest BCUT2D eigenvalue weighted by Crippen LogP contribution is 2.51. The zero-order valence-corrected chi connectivity index (χ0v) is 43.1. The molecule has 0 aliphatic carbocycles. The minimum Gasteiger partial charge on any atom is -0.394 e. The van der Waals surface area contributed by atoms with E-state index in [0.717, 1.165) is 0 Å². The maximum Gasteiger partial charge on any atom is 0.187 e. The summed E-state index contributed by atoms with van der Waals surface area (Å²) in [6, 6.07) is 0. The molecule has 34 heteroatoms. The van der Waals surface area contributed by atoms with Crippen molar-refractivity contribution in [3.05, 3.63) is 0 Å². The molecule has 464 valence electrons. The molecule has 21 aliphatic rings. The van der Waals surface area contributed by atoms with Crippen LogP contribution in [-0.4, -0.2) is 360 Å². The molecule has 0 aromatic carbocycles. The minimum absolute atomic E-state index is 0.535. The van der Waals surface area contributed by atoms with Gasteiger partial charge in [0.05, 0.1) is 52.9 Å². The Bertz CT molecular complexity index is 2240. The maximum atomic E-state index is 11.5. The molecule has 0 aromatic heterocycles. The summed E-state index contributed by atoms with van der Waals surface area (Å²) >= 11 is 0. The fraction of sp³-hybridized carbons (Fsp3) is 1.00. The molecule has 21 heterocycles. The molecular weight excluding hydrogens is 1120 g/mol.